The highest BCUT2D eigenvalue weighted by Crippen LogP contribution is 2.27. The van der Waals surface area contributed by atoms with E-state index in [-0.39, 0.29) is 23.3 Å². The van der Waals surface area contributed by atoms with Gasteiger partial charge in [-0.2, -0.15) is 9.57 Å². The highest BCUT2D eigenvalue weighted by atomic mass is 35.5. The first-order chi connectivity index (χ1) is 9.50. The smallest absolute Gasteiger partial charge is 0.243 e. The van der Waals surface area contributed by atoms with Crippen LogP contribution >= 0.6 is 12.4 Å². The minimum atomic E-state index is -3.58. The molecule has 1 heterocycles. The van der Waals surface area contributed by atoms with Crippen LogP contribution in [0, 0.1) is 18.3 Å². The highest BCUT2D eigenvalue weighted by molar-refractivity contribution is 7.89. The summed E-state index contributed by atoms with van der Waals surface area (Å²) in [5, 5.41) is 8.95. The lowest BCUT2D eigenvalue weighted by molar-refractivity contribution is 0.257. The first kappa shape index (κ1) is 17.9. The molecule has 0 aromatic heterocycles. The van der Waals surface area contributed by atoms with Crippen molar-refractivity contribution in [1.82, 2.24) is 4.31 Å². The molecule has 1 saturated heterocycles. The Bertz CT molecular complexity index is 640. The Balaban J connectivity index is 0.00000220. The number of benzene rings is 1. The number of nitrogens with zero attached hydrogens (tertiary/aromatic N) is 2. The Labute approximate surface area is 132 Å². The van der Waals surface area contributed by atoms with Crippen LogP contribution in [0.4, 0.5) is 0 Å². The Kier molecular flexibility index (Phi) is 6.17. The molecule has 1 fully saturated rings. The van der Waals surface area contributed by atoms with E-state index in [1.165, 1.54) is 10.4 Å². The van der Waals surface area contributed by atoms with E-state index >= 15 is 0 Å². The second-order valence-electron chi connectivity index (χ2n) is 5.09. The first-order valence-electron chi connectivity index (χ1n) is 6.73. The third-order valence-corrected chi connectivity index (χ3v) is 5.84. The molecule has 0 spiro atoms. The van der Waals surface area contributed by atoms with Gasteiger partial charge in [-0.15, -0.1) is 12.4 Å². The van der Waals surface area contributed by atoms with E-state index in [1.54, 1.807) is 19.1 Å². The van der Waals surface area contributed by atoms with Crippen molar-refractivity contribution in [3.8, 4) is 6.07 Å². The maximum Gasteiger partial charge on any atom is 0.243 e. The standard InChI is InChI=1S/C14H19N3O2S.ClH/c1-11-5-6-12(9-15)8-14(11)20(18,19)17-7-3-2-4-13(17)10-16;/h5-6,8,13H,2-4,7,10,16H2,1H3;1H. The van der Waals surface area contributed by atoms with Gasteiger partial charge < -0.3 is 5.73 Å². The lowest BCUT2D eigenvalue weighted by atomic mass is 10.1. The molecule has 5 nitrogen and oxygen atoms in total. The zero-order valence-electron chi connectivity index (χ0n) is 11.9. The van der Waals surface area contributed by atoms with E-state index in [2.05, 4.69) is 0 Å². The molecule has 116 valence electrons. The van der Waals surface area contributed by atoms with Crippen molar-refractivity contribution in [2.75, 3.05) is 13.1 Å². The molecule has 21 heavy (non-hydrogen) atoms. The SMILES string of the molecule is Cc1ccc(C#N)cc1S(=O)(=O)N1CCCCC1CN.Cl. The molecule has 0 aliphatic carbocycles. The van der Waals surface area contributed by atoms with Gasteiger partial charge in [-0.25, -0.2) is 8.42 Å². The van der Waals surface area contributed by atoms with E-state index in [9.17, 15) is 8.42 Å². The van der Waals surface area contributed by atoms with Crippen molar-refractivity contribution in [3.05, 3.63) is 29.3 Å². The van der Waals surface area contributed by atoms with Gasteiger partial charge in [0.05, 0.1) is 16.5 Å². The molecular formula is C14H20ClN3O2S. The summed E-state index contributed by atoms with van der Waals surface area (Å²) in [6.45, 7) is 2.58. The second kappa shape index (κ2) is 7.23. The monoisotopic (exact) mass is 329 g/mol. The van der Waals surface area contributed by atoms with Gasteiger partial charge in [-0.3, -0.25) is 0 Å². The van der Waals surface area contributed by atoms with Crippen LogP contribution in [0.1, 0.15) is 30.4 Å². The summed E-state index contributed by atoms with van der Waals surface area (Å²) in [6, 6.07) is 6.60. The molecule has 1 aliphatic heterocycles. The quantitative estimate of drug-likeness (QED) is 0.915. The molecular weight excluding hydrogens is 310 g/mol. The van der Waals surface area contributed by atoms with Crippen LogP contribution in [-0.2, 0) is 10.0 Å². The maximum atomic E-state index is 12.8. The van der Waals surface area contributed by atoms with E-state index in [1.807, 2.05) is 6.07 Å². The number of nitrogens with two attached hydrogens (primary N) is 1. The number of hydrogen-bond donors (Lipinski definition) is 1. The number of halogens is 1. The number of rotatable bonds is 3. The van der Waals surface area contributed by atoms with Gasteiger partial charge in [0, 0.05) is 19.1 Å². The molecule has 1 aliphatic rings. The van der Waals surface area contributed by atoms with Crippen molar-refractivity contribution in [2.45, 2.75) is 37.1 Å². The summed E-state index contributed by atoms with van der Waals surface area (Å²) in [5.41, 5.74) is 6.72. The molecule has 7 heteroatoms. The van der Waals surface area contributed by atoms with Crippen molar-refractivity contribution in [2.24, 2.45) is 5.73 Å². The summed E-state index contributed by atoms with van der Waals surface area (Å²) < 4.78 is 27.1. The summed E-state index contributed by atoms with van der Waals surface area (Å²) in [5.74, 6) is 0. The van der Waals surface area contributed by atoms with Gasteiger partial charge in [0.25, 0.3) is 0 Å². The van der Waals surface area contributed by atoms with Gasteiger partial charge in [0.1, 0.15) is 0 Å². The Morgan fingerprint density at radius 1 is 1.43 bits per heavy atom. The minimum Gasteiger partial charge on any atom is -0.329 e. The number of aryl methyl sites for hydroxylation is 1. The number of piperidine rings is 1. The third kappa shape index (κ3) is 3.55. The van der Waals surface area contributed by atoms with Crippen LogP contribution in [-0.4, -0.2) is 31.9 Å². The summed E-state index contributed by atoms with van der Waals surface area (Å²) >= 11 is 0. The maximum absolute atomic E-state index is 12.8. The normalized spacial score (nSPS) is 19.6. The van der Waals surface area contributed by atoms with Crippen molar-refractivity contribution in [3.63, 3.8) is 0 Å². The number of sulfonamides is 1. The molecule has 0 bridgehead atoms. The predicted molar refractivity (Wildman–Crippen MR) is 83.7 cm³/mol. The average Bonchev–Trinajstić information content (AvgIpc) is 2.47. The fraction of sp³-hybridized carbons (Fsp3) is 0.500. The molecule has 2 rings (SSSR count). The average molecular weight is 330 g/mol. The van der Waals surface area contributed by atoms with Crippen LogP contribution < -0.4 is 5.73 Å². The van der Waals surface area contributed by atoms with Crippen molar-refractivity contribution >= 4 is 22.4 Å². The molecule has 2 N–H and O–H groups in total. The summed E-state index contributed by atoms with van der Waals surface area (Å²) in [6.07, 6.45) is 2.66. The largest absolute Gasteiger partial charge is 0.329 e. The second-order valence-corrected chi connectivity index (χ2v) is 6.95. The van der Waals surface area contributed by atoms with Crippen molar-refractivity contribution in [1.29, 1.82) is 5.26 Å². The minimum absolute atomic E-state index is 0. The zero-order valence-corrected chi connectivity index (χ0v) is 13.6. The van der Waals surface area contributed by atoms with Crippen LogP contribution in [0.15, 0.2) is 23.1 Å². The van der Waals surface area contributed by atoms with E-state index in [4.69, 9.17) is 11.0 Å². The Morgan fingerprint density at radius 3 is 2.76 bits per heavy atom. The molecule has 1 unspecified atom stereocenters. The van der Waals surface area contributed by atoms with Gasteiger partial charge in [0.15, 0.2) is 0 Å². The Morgan fingerprint density at radius 2 is 2.14 bits per heavy atom. The molecule has 0 radical (unpaired) electrons. The van der Waals surface area contributed by atoms with Crippen LogP contribution in [0.3, 0.4) is 0 Å². The van der Waals surface area contributed by atoms with Crippen LogP contribution in [0.5, 0.6) is 0 Å². The van der Waals surface area contributed by atoms with Gasteiger partial charge in [0.2, 0.25) is 10.0 Å². The number of hydrogen-bond acceptors (Lipinski definition) is 4. The lowest BCUT2D eigenvalue weighted by Gasteiger charge is -2.34. The molecule has 1 aromatic rings. The third-order valence-electron chi connectivity index (χ3n) is 3.75. The highest BCUT2D eigenvalue weighted by Gasteiger charge is 2.33. The predicted octanol–water partition coefficient (Wildman–Crippen LogP) is 1.79. The van der Waals surface area contributed by atoms with Crippen molar-refractivity contribution < 1.29 is 8.42 Å². The summed E-state index contributed by atoms with van der Waals surface area (Å²) in [7, 11) is -3.58. The first-order valence-corrected chi connectivity index (χ1v) is 8.17. The van der Waals surface area contributed by atoms with Gasteiger partial charge in [-0.05, 0) is 37.5 Å². The van der Waals surface area contributed by atoms with Gasteiger partial charge in [-0.1, -0.05) is 12.5 Å². The van der Waals surface area contributed by atoms with Gasteiger partial charge >= 0.3 is 0 Å². The zero-order chi connectivity index (χ0) is 14.8. The number of nitriles is 1. The molecule has 0 amide bonds. The molecule has 1 atom stereocenters. The summed E-state index contributed by atoms with van der Waals surface area (Å²) in [4.78, 5) is 0.219. The lowest BCUT2D eigenvalue weighted by Crippen LogP contribution is -2.47. The fourth-order valence-corrected chi connectivity index (χ4v) is 4.56. The topological polar surface area (TPSA) is 87.2 Å². The van der Waals surface area contributed by atoms with E-state index in [0.717, 1.165) is 19.3 Å². The van der Waals surface area contributed by atoms with Crippen LogP contribution in [0.2, 0.25) is 0 Å². The molecule has 0 saturated carbocycles. The van der Waals surface area contributed by atoms with E-state index < -0.39 is 10.0 Å². The Hall–Kier alpha value is -1.13. The fourth-order valence-electron chi connectivity index (χ4n) is 2.60. The van der Waals surface area contributed by atoms with E-state index in [0.29, 0.717) is 24.2 Å². The molecule has 1 aromatic carbocycles. The van der Waals surface area contributed by atoms with Crippen LogP contribution in [0.25, 0.3) is 0 Å².